The van der Waals surface area contributed by atoms with Crippen molar-refractivity contribution in [3.8, 4) is 0 Å². The van der Waals surface area contributed by atoms with Gasteiger partial charge < -0.3 is 20.1 Å². The highest BCUT2D eigenvalue weighted by atomic mass is 16.6. The van der Waals surface area contributed by atoms with E-state index in [-0.39, 0.29) is 18.6 Å². The molecule has 3 aromatic heterocycles. The van der Waals surface area contributed by atoms with E-state index in [1.165, 1.54) is 0 Å². The van der Waals surface area contributed by atoms with Gasteiger partial charge in [-0.15, -0.1) is 5.10 Å². The smallest absolute Gasteiger partial charge is 0.340 e. The van der Waals surface area contributed by atoms with Gasteiger partial charge in [0.25, 0.3) is 0 Å². The molecule has 10 nitrogen and oxygen atoms in total. The van der Waals surface area contributed by atoms with Gasteiger partial charge in [-0.25, -0.2) is 14.3 Å². The number of aliphatic hydroxyl groups is 1. The lowest BCUT2D eigenvalue weighted by atomic mass is 10.1. The first-order valence-corrected chi connectivity index (χ1v) is 10.5. The molecule has 1 fully saturated rings. The number of aliphatic hydroxyl groups excluding tert-OH is 1. The molecule has 2 N–H and O–H groups in total. The van der Waals surface area contributed by atoms with Gasteiger partial charge in [0.05, 0.1) is 24.4 Å². The molecule has 1 aromatic carbocycles. The SMILES string of the molecule is O=C1OC(n2cnc(Nc3nc(N4CCCC4CO)nn4cccc34)c2)c2ccccc21. The highest BCUT2D eigenvalue weighted by molar-refractivity contribution is 5.94. The fourth-order valence-corrected chi connectivity index (χ4v) is 4.42. The number of hydrogen-bond acceptors (Lipinski definition) is 8. The Morgan fingerprint density at radius 2 is 2.12 bits per heavy atom. The van der Waals surface area contributed by atoms with Crippen LogP contribution in [0.2, 0.25) is 0 Å². The van der Waals surface area contributed by atoms with E-state index in [4.69, 9.17) is 9.72 Å². The molecular weight excluding hydrogens is 410 g/mol. The lowest BCUT2D eigenvalue weighted by Gasteiger charge is -2.23. The summed E-state index contributed by atoms with van der Waals surface area (Å²) < 4.78 is 9.07. The van der Waals surface area contributed by atoms with Crippen LogP contribution in [0.3, 0.4) is 0 Å². The molecule has 32 heavy (non-hydrogen) atoms. The van der Waals surface area contributed by atoms with E-state index < -0.39 is 6.23 Å². The summed E-state index contributed by atoms with van der Waals surface area (Å²) in [4.78, 5) is 23.4. The molecule has 162 valence electrons. The van der Waals surface area contributed by atoms with Gasteiger partial charge in [-0.05, 0) is 31.0 Å². The van der Waals surface area contributed by atoms with Crippen LogP contribution in [-0.2, 0) is 4.74 Å². The molecule has 4 aromatic rings. The molecule has 0 aliphatic carbocycles. The molecule has 0 spiro atoms. The van der Waals surface area contributed by atoms with Crippen LogP contribution in [0.5, 0.6) is 0 Å². The van der Waals surface area contributed by atoms with Crippen molar-refractivity contribution < 1.29 is 14.6 Å². The second kappa shape index (κ2) is 7.34. The number of aromatic nitrogens is 5. The molecular formula is C22H21N7O3. The van der Waals surface area contributed by atoms with Crippen LogP contribution in [0.4, 0.5) is 17.6 Å². The van der Waals surface area contributed by atoms with Gasteiger partial charge >= 0.3 is 5.97 Å². The molecule has 2 aliphatic heterocycles. The van der Waals surface area contributed by atoms with E-state index in [9.17, 15) is 9.90 Å². The maximum Gasteiger partial charge on any atom is 0.340 e. The van der Waals surface area contributed by atoms with Crippen molar-refractivity contribution in [2.24, 2.45) is 0 Å². The van der Waals surface area contributed by atoms with Gasteiger partial charge in [-0.3, -0.25) is 4.57 Å². The lowest BCUT2D eigenvalue weighted by molar-refractivity contribution is 0.0321. The average molecular weight is 431 g/mol. The standard InChI is InChI=1S/C22H21N7O3/c30-12-14-5-3-9-28(14)22-25-19(17-8-4-10-29(17)26-22)24-18-11-27(13-23-18)20-15-6-1-2-7-16(15)21(31)32-20/h1-2,4,6-8,10-11,13-14,20,30H,3,5,9,12H2,(H,24,25,26). The van der Waals surface area contributed by atoms with E-state index in [0.717, 1.165) is 30.5 Å². The number of carbonyl (C=O) groups is 1. The summed E-state index contributed by atoms with van der Waals surface area (Å²) in [5.74, 6) is 1.40. The molecule has 0 radical (unpaired) electrons. The van der Waals surface area contributed by atoms with Crippen LogP contribution in [0.1, 0.15) is 35.0 Å². The highest BCUT2D eigenvalue weighted by Gasteiger charge is 2.32. The van der Waals surface area contributed by atoms with Crippen LogP contribution in [0.15, 0.2) is 55.1 Å². The number of fused-ring (bicyclic) bond motifs is 2. The van der Waals surface area contributed by atoms with Crippen molar-refractivity contribution in [1.82, 2.24) is 24.1 Å². The van der Waals surface area contributed by atoms with Gasteiger partial charge in [-0.1, -0.05) is 18.2 Å². The zero-order valence-electron chi connectivity index (χ0n) is 17.1. The van der Waals surface area contributed by atoms with Crippen LogP contribution >= 0.6 is 0 Å². The number of anilines is 3. The number of rotatable bonds is 5. The molecule has 0 saturated carbocycles. The maximum atomic E-state index is 12.2. The van der Waals surface area contributed by atoms with E-state index in [0.29, 0.717) is 23.1 Å². The molecule has 1 saturated heterocycles. The van der Waals surface area contributed by atoms with Gasteiger partial charge in [0, 0.05) is 18.3 Å². The topological polar surface area (TPSA) is 110 Å². The lowest BCUT2D eigenvalue weighted by Crippen LogP contribution is -2.34. The molecule has 5 heterocycles. The van der Waals surface area contributed by atoms with Crippen molar-refractivity contribution in [2.75, 3.05) is 23.4 Å². The third-order valence-corrected chi connectivity index (χ3v) is 6.01. The van der Waals surface area contributed by atoms with Crippen LogP contribution < -0.4 is 10.2 Å². The Morgan fingerprint density at radius 3 is 3.03 bits per heavy atom. The minimum Gasteiger partial charge on any atom is -0.433 e. The second-order valence-electron chi connectivity index (χ2n) is 7.95. The number of cyclic esters (lactones) is 1. The molecule has 2 atom stereocenters. The van der Waals surface area contributed by atoms with Gasteiger partial charge in [-0.2, -0.15) is 4.98 Å². The fourth-order valence-electron chi connectivity index (χ4n) is 4.42. The van der Waals surface area contributed by atoms with E-state index in [1.54, 1.807) is 27.7 Å². The van der Waals surface area contributed by atoms with Crippen molar-refractivity contribution >= 4 is 29.1 Å². The van der Waals surface area contributed by atoms with Crippen molar-refractivity contribution in [2.45, 2.75) is 25.1 Å². The molecule has 2 aliphatic rings. The minimum atomic E-state index is -0.550. The number of imidazole rings is 1. The molecule has 10 heteroatoms. The summed E-state index contributed by atoms with van der Waals surface area (Å²) >= 11 is 0. The predicted molar refractivity (Wildman–Crippen MR) is 116 cm³/mol. The summed E-state index contributed by atoms with van der Waals surface area (Å²) in [5, 5.41) is 17.6. The number of hydrogen-bond donors (Lipinski definition) is 2. The monoisotopic (exact) mass is 431 g/mol. The Labute approximate surface area is 183 Å². The number of benzene rings is 1. The van der Waals surface area contributed by atoms with Crippen molar-refractivity contribution in [1.29, 1.82) is 0 Å². The summed E-state index contributed by atoms with van der Waals surface area (Å²) in [5.41, 5.74) is 2.18. The average Bonchev–Trinajstić information content (AvgIpc) is 3.60. The third-order valence-electron chi connectivity index (χ3n) is 6.01. The number of ether oxygens (including phenoxy) is 1. The first kappa shape index (κ1) is 18.8. The van der Waals surface area contributed by atoms with Crippen LogP contribution in [0, 0.1) is 0 Å². The molecule has 2 unspecified atom stereocenters. The van der Waals surface area contributed by atoms with Gasteiger partial charge in [0.15, 0.2) is 5.82 Å². The number of carbonyl (C=O) groups excluding carboxylic acids is 1. The molecule has 0 amide bonds. The minimum absolute atomic E-state index is 0.0205. The quantitative estimate of drug-likeness (QED) is 0.464. The number of nitrogens with zero attached hydrogens (tertiary/aromatic N) is 6. The maximum absolute atomic E-state index is 12.2. The summed E-state index contributed by atoms with van der Waals surface area (Å²) in [7, 11) is 0. The predicted octanol–water partition coefficient (Wildman–Crippen LogP) is 2.35. The second-order valence-corrected chi connectivity index (χ2v) is 7.95. The number of esters is 1. The zero-order valence-corrected chi connectivity index (χ0v) is 17.1. The van der Waals surface area contributed by atoms with Crippen molar-refractivity contribution in [3.63, 3.8) is 0 Å². The third kappa shape index (κ3) is 2.99. The normalized spacial score (nSPS) is 20.0. The largest absolute Gasteiger partial charge is 0.433 e. The molecule has 0 bridgehead atoms. The Hall–Kier alpha value is -3.92. The van der Waals surface area contributed by atoms with Crippen molar-refractivity contribution in [3.05, 3.63) is 66.2 Å². The number of nitrogens with one attached hydrogen (secondary N) is 1. The highest BCUT2D eigenvalue weighted by Crippen LogP contribution is 2.33. The summed E-state index contributed by atoms with van der Waals surface area (Å²) in [6, 6.07) is 11.2. The van der Waals surface area contributed by atoms with Crippen LogP contribution in [0.25, 0.3) is 5.52 Å². The van der Waals surface area contributed by atoms with E-state index in [1.807, 2.05) is 41.4 Å². The first-order valence-electron chi connectivity index (χ1n) is 10.5. The Kier molecular flexibility index (Phi) is 4.32. The fraction of sp³-hybridized carbons (Fsp3) is 0.273. The molecule has 6 rings (SSSR count). The van der Waals surface area contributed by atoms with Gasteiger partial charge in [0.1, 0.15) is 17.7 Å². The van der Waals surface area contributed by atoms with Gasteiger partial charge in [0.2, 0.25) is 12.2 Å². The van der Waals surface area contributed by atoms with E-state index >= 15 is 0 Å². The Balaban J connectivity index is 1.32. The summed E-state index contributed by atoms with van der Waals surface area (Å²) in [6.07, 6.45) is 6.63. The van der Waals surface area contributed by atoms with E-state index in [2.05, 4.69) is 15.4 Å². The zero-order chi connectivity index (χ0) is 21.7. The first-order chi connectivity index (χ1) is 15.7. The Bertz CT molecular complexity index is 1310. The Morgan fingerprint density at radius 1 is 1.22 bits per heavy atom. The van der Waals surface area contributed by atoms with Crippen LogP contribution in [-0.4, -0.2) is 54.4 Å². The summed E-state index contributed by atoms with van der Waals surface area (Å²) in [6.45, 7) is 0.875.